The number of benzene rings is 1. The van der Waals surface area contributed by atoms with Gasteiger partial charge in [-0.1, -0.05) is 0 Å². The summed E-state index contributed by atoms with van der Waals surface area (Å²) in [5, 5.41) is 0. The molecule has 0 aliphatic heterocycles. The Bertz CT molecular complexity index is 293. The molecule has 0 bridgehead atoms. The van der Waals surface area contributed by atoms with Gasteiger partial charge in [0.2, 0.25) is 0 Å². The number of nitrogens with two attached hydrogens (primary N) is 1. The molecule has 0 fully saturated rings. The second-order valence-electron chi connectivity index (χ2n) is 3.32. The van der Waals surface area contributed by atoms with E-state index in [4.69, 9.17) is 5.84 Å². The van der Waals surface area contributed by atoms with Gasteiger partial charge in [-0.3, -0.25) is 5.84 Å². The molecule has 0 spiro atoms. The van der Waals surface area contributed by atoms with E-state index >= 15 is 0 Å². The van der Waals surface area contributed by atoms with Gasteiger partial charge in [-0.25, -0.2) is 0 Å². The van der Waals surface area contributed by atoms with E-state index in [2.05, 4.69) is 43.2 Å². The molecular formula is C11H19N3. The van der Waals surface area contributed by atoms with E-state index in [1.807, 2.05) is 6.07 Å². The topological polar surface area (TPSA) is 41.3 Å². The molecule has 0 radical (unpaired) electrons. The van der Waals surface area contributed by atoms with Crippen molar-refractivity contribution in [2.45, 2.75) is 20.8 Å². The van der Waals surface area contributed by atoms with Crippen LogP contribution < -0.4 is 16.2 Å². The first-order valence-electron chi connectivity index (χ1n) is 5.05. The maximum absolute atomic E-state index is 5.38. The molecule has 3 N–H and O–H groups in total. The van der Waals surface area contributed by atoms with Crippen molar-refractivity contribution in [3.05, 3.63) is 23.8 Å². The molecule has 1 aromatic rings. The van der Waals surface area contributed by atoms with Gasteiger partial charge in [0.15, 0.2) is 0 Å². The molecule has 0 aromatic heterocycles. The minimum absolute atomic E-state index is 0.987. The van der Waals surface area contributed by atoms with Crippen LogP contribution in [0.1, 0.15) is 19.4 Å². The lowest BCUT2D eigenvalue weighted by atomic mass is 10.1. The number of hydrogen-bond donors (Lipinski definition) is 2. The first-order chi connectivity index (χ1) is 6.72. The van der Waals surface area contributed by atoms with Gasteiger partial charge in [0, 0.05) is 18.8 Å². The smallest absolute Gasteiger partial charge is 0.0515 e. The number of aryl methyl sites for hydroxylation is 1. The third kappa shape index (κ3) is 2.17. The Labute approximate surface area is 85.9 Å². The van der Waals surface area contributed by atoms with Crippen LogP contribution in [0.25, 0.3) is 0 Å². The van der Waals surface area contributed by atoms with E-state index in [1.165, 1.54) is 11.3 Å². The van der Waals surface area contributed by atoms with Crippen molar-refractivity contribution >= 4 is 11.4 Å². The molecule has 0 saturated heterocycles. The summed E-state index contributed by atoms with van der Waals surface area (Å²) in [6.07, 6.45) is 0. The fourth-order valence-corrected chi connectivity index (χ4v) is 1.60. The van der Waals surface area contributed by atoms with E-state index in [9.17, 15) is 0 Å². The Kier molecular flexibility index (Phi) is 3.77. The zero-order chi connectivity index (χ0) is 10.6. The molecule has 0 saturated carbocycles. The van der Waals surface area contributed by atoms with Crippen molar-refractivity contribution in [3.63, 3.8) is 0 Å². The number of rotatable bonds is 4. The van der Waals surface area contributed by atoms with Crippen molar-refractivity contribution in [1.29, 1.82) is 0 Å². The standard InChI is InChI=1S/C11H19N3/c1-4-14(5-2)10-6-7-11(13-12)9(3)8-10/h6-8,13H,4-5,12H2,1-3H3. The van der Waals surface area contributed by atoms with Crippen LogP contribution in [0.4, 0.5) is 11.4 Å². The van der Waals surface area contributed by atoms with Crippen LogP contribution in [-0.4, -0.2) is 13.1 Å². The first-order valence-corrected chi connectivity index (χ1v) is 5.05. The highest BCUT2D eigenvalue weighted by molar-refractivity contribution is 5.59. The Morgan fingerprint density at radius 1 is 1.29 bits per heavy atom. The lowest BCUT2D eigenvalue weighted by Crippen LogP contribution is -2.22. The van der Waals surface area contributed by atoms with E-state index in [-0.39, 0.29) is 0 Å². The van der Waals surface area contributed by atoms with Crippen LogP contribution in [0.2, 0.25) is 0 Å². The molecule has 14 heavy (non-hydrogen) atoms. The Morgan fingerprint density at radius 3 is 2.36 bits per heavy atom. The monoisotopic (exact) mass is 193 g/mol. The van der Waals surface area contributed by atoms with Crippen LogP contribution in [0.3, 0.4) is 0 Å². The van der Waals surface area contributed by atoms with Gasteiger partial charge in [0.05, 0.1) is 5.69 Å². The molecule has 3 heteroatoms. The van der Waals surface area contributed by atoms with Crippen LogP contribution in [0, 0.1) is 6.92 Å². The molecule has 0 aliphatic carbocycles. The zero-order valence-corrected chi connectivity index (χ0v) is 9.17. The van der Waals surface area contributed by atoms with Gasteiger partial charge < -0.3 is 10.3 Å². The summed E-state index contributed by atoms with van der Waals surface area (Å²) in [5.41, 5.74) is 6.10. The van der Waals surface area contributed by atoms with Crippen molar-refractivity contribution < 1.29 is 0 Å². The summed E-state index contributed by atoms with van der Waals surface area (Å²) in [7, 11) is 0. The zero-order valence-electron chi connectivity index (χ0n) is 9.17. The quantitative estimate of drug-likeness (QED) is 0.568. The van der Waals surface area contributed by atoms with Crippen molar-refractivity contribution in [2.75, 3.05) is 23.4 Å². The van der Waals surface area contributed by atoms with Crippen LogP contribution >= 0.6 is 0 Å². The maximum Gasteiger partial charge on any atom is 0.0515 e. The average Bonchev–Trinajstić information content (AvgIpc) is 2.20. The van der Waals surface area contributed by atoms with Gasteiger partial charge in [0.25, 0.3) is 0 Å². The maximum atomic E-state index is 5.38. The number of nitrogens with one attached hydrogen (secondary N) is 1. The first kappa shape index (κ1) is 10.9. The fraction of sp³-hybridized carbons (Fsp3) is 0.455. The summed E-state index contributed by atoms with van der Waals surface area (Å²) < 4.78 is 0. The fourth-order valence-electron chi connectivity index (χ4n) is 1.60. The molecule has 0 unspecified atom stereocenters. The number of nitrogen functional groups attached to an aromatic ring is 1. The van der Waals surface area contributed by atoms with Gasteiger partial charge in [-0.05, 0) is 44.5 Å². The molecule has 1 aromatic carbocycles. The number of hydrogen-bond acceptors (Lipinski definition) is 3. The lowest BCUT2D eigenvalue weighted by molar-refractivity contribution is 0.865. The van der Waals surface area contributed by atoms with Gasteiger partial charge in [0.1, 0.15) is 0 Å². The minimum atomic E-state index is 0.987. The van der Waals surface area contributed by atoms with Crippen molar-refractivity contribution in [3.8, 4) is 0 Å². The normalized spacial score (nSPS) is 10.0. The molecule has 3 nitrogen and oxygen atoms in total. The van der Waals surface area contributed by atoms with Gasteiger partial charge >= 0.3 is 0 Å². The summed E-state index contributed by atoms with van der Waals surface area (Å²) in [5.74, 6) is 5.38. The summed E-state index contributed by atoms with van der Waals surface area (Å²) >= 11 is 0. The molecular weight excluding hydrogens is 174 g/mol. The van der Waals surface area contributed by atoms with E-state index in [0.717, 1.165) is 18.8 Å². The lowest BCUT2D eigenvalue weighted by Gasteiger charge is -2.22. The van der Waals surface area contributed by atoms with E-state index < -0.39 is 0 Å². The van der Waals surface area contributed by atoms with E-state index in [1.54, 1.807) is 0 Å². The third-order valence-corrected chi connectivity index (χ3v) is 2.49. The number of hydrazine groups is 1. The molecule has 0 amide bonds. The Hall–Kier alpha value is -1.22. The highest BCUT2D eigenvalue weighted by atomic mass is 15.2. The summed E-state index contributed by atoms with van der Waals surface area (Å²) in [6.45, 7) is 8.45. The molecule has 78 valence electrons. The predicted molar refractivity (Wildman–Crippen MR) is 62.6 cm³/mol. The predicted octanol–water partition coefficient (Wildman–Crippen LogP) is 2.13. The SMILES string of the molecule is CCN(CC)c1ccc(NN)c(C)c1. The number of anilines is 2. The summed E-state index contributed by atoms with van der Waals surface area (Å²) in [4.78, 5) is 2.31. The summed E-state index contributed by atoms with van der Waals surface area (Å²) in [6, 6.07) is 6.26. The highest BCUT2D eigenvalue weighted by Gasteiger charge is 2.03. The Balaban J connectivity index is 2.95. The van der Waals surface area contributed by atoms with Crippen molar-refractivity contribution in [2.24, 2.45) is 5.84 Å². The van der Waals surface area contributed by atoms with E-state index in [0.29, 0.717) is 0 Å². The highest BCUT2D eigenvalue weighted by Crippen LogP contribution is 2.21. The van der Waals surface area contributed by atoms with Crippen LogP contribution in [0.15, 0.2) is 18.2 Å². The molecule has 0 heterocycles. The average molecular weight is 193 g/mol. The van der Waals surface area contributed by atoms with Crippen molar-refractivity contribution in [1.82, 2.24) is 0 Å². The van der Waals surface area contributed by atoms with Crippen LogP contribution in [-0.2, 0) is 0 Å². The minimum Gasteiger partial charge on any atom is -0.372 e. The number of nitrogens with zero attached hydrogens (tertiary/aromatic N) is 1. The largest absolute Gasteiger partial charge is 0.372 e. The van der Waals surface area contributed by atoms with Gasteiger partial charge in [-0.15, -0.1) is 0 Å². The van der Waals surface area contributed by atoms with Gasteiger partial charge in [-0.2, -0.15) is 0 Å². The second kappa shape index (κ2) is 4.86. The van der Waals surface area contributed by atoms with Crippen LogP contribution in [0.5, 0.6) is 0 Å². The Morgan fingerprint density at radius 2 is 1.93 bits per heavy atom. The second-order valence-corrected chi connectivity index (χ2v) is 3.32. The third-order valence-electron chi connectivity index (χ3n) is 2.49. The molecule has 1 rings (SSSR count). The molecule has 0 aliphatic rings. The molecule has 0 atom stereocenters.